The van der Waals surface area contributed by atoms with Crippen molar-refractivity contribution < 1.29 is 4.74 Å². The summed E-state index contributed by atoms with van der Waals surface area (Å²) in [7, 11) is 1.64. The lowest BCUT2D eigenvalue weighted by atomic mass is 10.2. The molecule has 2 N–H and O–H groups in total. The Hall–Kier alpha value is -2.57. The molecule has 25 heavy (non-hydrogen) atoms. The van der Waals surface area contributed by atoms with Crippen molar-refractivity contribution in [2.45, 2.75) is 6.54 Å². The summed E-state index contributed by atoms with van der Waals surface area (Å²) < 4.78 is 5.14. The van der Waals surface area contributed by atoms with Crippen molar-refractivity contribution in [3.05, 3.63) is 64.3 Å². The molecule has 3 rings (SSSR count). The number of ether oxygens (including phenoxy) is 1. The lowest BCUT2D eigenvalue weighted by Crippen LogP contribution is -2.05. The number of methoxy groups -OCH3 is 1. The Balaban J connectivity index is 1.67. The average molecular weight is 376 g/mol. The smallest absolute Gasteiger partial charge is 0.249 e. The molecule has 0 aliphatic heterocycles. The van der Waals surface area contributed by atoms with Crippen LogP contribution in [0.4, 0.5) is 17.5 Å². The zero-order chi connectivity index (χ0) is 17.6. The maximum Gasteiger partial charge on any atom is 0.249 e. The van der Waals surface area contributed by atoms with Gasteiger partial charge in [0.05, 0.1) is 24.0 Å². The van der Waals surface area contributed by atoms with Crippen LogP contribution in [-0.4, -0.2) is 22.3 Å². The minimum Gasteiger partial charge on any atom is -0.497 e. The van der Waals surface area contributed by atoms with E-state index in [0.717, 1.165) is 11.3 Å². The van der Waals surface area contributed by atoms with Crippen molar-refractivity contribution in [2.75, 3.05) is 17.7 Å². The van der Waals surface area contributed by atoms with E-state index < -0.39 is 0 Å². The van der Waals surface area contributed by atoms with Gasteiger partial charge in [-0.2, -0.15) is 10.1 Å². The molecule has 1 aromatic heterocycles. The van der Waals surface area contributed by atoms with Gasteiger partial charge < -0.3 is 15.4 Å². The topological polar surface area (TPSA) is 72.0 Å². The van der Waals surface area contributed by atoms with E-state index in [0.29, 0.717) is 34.0 Å². The van der Waals surface area contributed by atoms with Crippen LogP contribution in [0.1, 0.15) is 5.56 Å². The molecule has 0 saturated carbocycles. The molecule has 0 saturated heterocycles. The summed E-state index contributed by atoms with van der Waals surface area (Å²) in [5.74, 6) is 1.73. The van der Waals surface area contributed by atoms with Crippen molar-refractivity contribution in [1.82, 2.24) is 15.2 Å². The fourth-order valence-corrected chi connectivity index (χ4v) is 2.43. The monoisotopic (exact) mass is 375 g/mol. The summed E-state index contributed by atoms with van der Waals surface area (Å²) in [4.78, 5) is 4.37. The lowest BCUT2D eigenvalue weighted by Gasteiger charge is -2.09. The number of aromatic nitrogens is 3. The number of hydrogen-bond acceptors (Lipinski definition) is 6. The van der Waals surface area contributed by atoms with Crippen molar-refractivity contribution in [2.24, 2.45) is 0 Å². The molecule has 0 atom stereocenters. The van der Waals surface area contributed by atoms with Crippen LogP contribution in [-0.2, 0) is 6.54 Å². The van der Waals surface area contributed by atoms with Crippen LogP contribution in [0.2, 0.25) is 10.0 Å². The number of nitrogens with zero attached hydrogens (tertiary/aromatic N) is 3. The Morgan fingerprint density at radius 2 is 1.88 bits per heavy atom. The van der Waals surface area contributed by atoms with E-state index in [1.54, 1.807) is 31.5 Å². The van der Waals surface area contributed by atoms with Gasteiger partial charge >= 0.3 is 0 Å². The molecular weight excluding hydrogens is 361 g/mol. The van der Waals surface area contributed by atoms with Crippen molar-refractivity contribution in [3.8, 4) is 5.75 Å². The van der Waals surface area contributed by atoms with E-state index in [4.69, 9.17) is 27.9 Å². The van der Waals surface area contributed by atoms with Crippen LogP contribution in [0, 0.1) is 0 Å². The van der Waals surface area contributed by atoms with Gasteiger partial charge in [0.15, 0.2) is 5.82 Å². The maximum atomic E-state index is 6.13. The molecule has 0 radical (unpaired) electrons. The van der Waals surface area contributed by atoms with Gasteiger partial charge in [-0.1, -0.05) is 35.3 Å². The van der Waals surface area contributed by atoms with E-state index >= 15 is 0 Å². The van der Waals surface area contributed by atoms with Gasteiger partial charge in [-0.15, -0.1) is 5.10 Å². The van der Waals surface area contributed by atoms with Crippen molar-refractivity contribution in [3.63, 3.8) is 0 Å². The maximum absolute atomic E-state index is 6.13. The Labute approximate surface area is 155 Å². The third kappa shape index (κ3) is 4.71. The second-order valence-electron chi connectivity index (χ2n) is 5.12. The van der Waals surface area contributed by atoms with Gasteiger partial charge in [0.25, 0.3) is 0 Å². The van der Waals surface area contributed by atoms with Gasteiger partial charge in [-0.05, 0) is 35.9 Å². The summed E-state index contributed by atoms with van der Waals surface area (Å²) in [6, 6.07) is 12.9. The summed E-state index contributed by atoms with van der Waals surface area (Å²) in [6.07, 6.45) is 1.55. The molecule has 0 aliphatic rings. The predicted molar refractivity (Wildman–Crippen MR) is 99.9 cm³/mol. The van der Waals surface area contributed by atoms with Crippen LogP contribution in [0.3, 0.4) is 0 Å². The minimum absolute atomic E-state index is 0.323. The normalized spacial score (nSPS) is 10.4. The molecule has 0 bridgehead atoms. The van der Waals surface area contributed by atoms with Gasteiger partial charge in [0.2, 0.25) is 5.95 Å². The predicted octanol–water partition coefficient (Wildman–Crippen LogP) is 4.54. The van der Waals surface area contributed by atoms with E-state index in [1.165, 1.54) is 0 Å². The molecule has 1 heterocycles. The minimum atomic E-state index is 0.323. The molecular formula is C17H15Cl2N5O. The van der Waals surface area contributed by atoms with Gasteiger partial charge in [-0.3, -0.25) is 0 Å². The number of rotatable bonds is 6. The summed E-state index contributed by atoms with van der Waals surface area (Å²) in [5, 5.41) is 15.2. The van der Waals surface area contributed by atoms with Crippen LogP contribution in [0.5, 0.6) is 5.75 Å². The Kier molecular flexibility index (Phi) is 5.53. The molecule has 0 unspecified atom stereocenters. The third-order valence-electron chi connectivity index (χ3n) is 3.37. The second kappa shape index (κ2) is 8.00. The van der Waals surface area contributed by atoms with Crippen molar-refractivity contribution in [1.29, 1.82) is 0 Å². The number of anilines is 3. The average Bonchev–Trinajstić information content (AvgIpc) is 2.64. The molecule has 2 aromatic carbocycles. The molecule has 0 aliphatic carbocycles. The Bertz CT molecular complexity index is 858. The van der Waals surface area contributed by atoms with Crippen molar-refractivity contribution >= 4 is 40.7 Å². The Morgan fingerprint density at radius 1 is 1.08 bits per heavy atom. The van der Waals surface area contributed by atoms with E-state index in [9.17, 15) is 0 Å². The molecule has 6 nitrogen and oxygen atoms in total. The Morgan fingerprint density at radius 3 is 2.64 bits per heavy atom. The standard InChI is InChI=1S/C17H15Cl2N5O/c1-25-13-5-2-11(3-6-13)9-20-16-10-21-24-17(23-16)22-15-8-12(18)4-7-14(15)19/h2-8,10H,9H2,1H3,(H2,20,22,23,24). The molecule has 0 spiro atoms. The highest BCUT2D eigenvalue weighted by atomic mass is 35.5. The molecule has 0 fully saturated rings. The zero-order valence-electron chi connectivity index (χ0n) is 13.3. The quantitative estimate of drug-likeness (QED) is 0.658. The van der Waals surface area contributed by atoms with Crippen LogP contribution < -0.4 is 15.4 Å². The molecule has 128 valence electrons. The molecule has 0 amide bonds. The van der Waals surface area contributed by atoms with Gasteiger partial charge in [0.1, 0.15) is 5.75 Å². The summed E-state index contributed by atoms with van der Waals surface area (Å²) >= 11 is 12.1. The first-order valence-corrected chi connectivity index (χ1v) is 8.18. The van der Waals surface area contributed by atoms with Crippen LogP contribution in [0.15, 0.2) is 48.7 Å². The van der Waals surface area contributed by atoms with E-state index in [2.05, 4.69) is 25.8 Å². The van der Waals surface area contributed by atoms with Gasteiger partial charge in [0, 0.05) is 11.6 Å². The van der Waals surface area contributed by atoms with Gasteiger partial charge in [-0.25, -0.2) is 0 Å². The highest BCUT2D eigenvalue weighted by molar-refractivity contribution is 6.35. The zero-order valence-corrected chi connectivity index (χ0v) is 14.8. The molecule has 8 heteroatoms. The first-order valence-electron chi connectivity index (χ1n) is 7.42. The lowest BCUT2D eigenvalue weighted by molar-refractivity contribution is 0.414. The van der Waals surface area contributed by atoms with E-state index in [1.807, 2.05) is 24.3 Å². The van der Waals surface area contributed by atoms with Crippen LogP contribution in [0.25, 0.3) is 0 Å². The largest absolute Gasteiger partial charge is 0.497 e. The SMILES string of the molecule is COc1ccc(CNc2cnnc(Nc3cc(Cl)ccc3Cl)n2)cc1. The fourth-order valence-electron chi connectivity index (χ4n) is 2.09. The highest BCUT2D eigenvalue weighted by Crippen LogP contribution is 2.27. The summed E-state index contributed by atoms with van der Waals surface area (Å²) in [6.45, 7) is 0.597. The number of halogens is 2. The summed E-state index contributed by atoms with van der Waals surface area (Å²) in [5.41, 5.74) is 1.70. The first kappa shape index (κ1) is 17.3. The van der Waals surface area contributed by atoms with E-state index in [-0.39, 0.29) is 0 Å². The first-order chi connectivity index (χ1) is 12.1. The fraction of sp³-hybridized carbons (Fsp3) is 0.118. The number of hydrogen-bond donors (Lipinski definition) is 2. The number of nitrogens with one attached hydrogen (secondary N) is 2. The van der Waals surface area contributed by atoms with Crippen LogP contribution >= 0.6 is 23.2 Å². The second-order valence-corrected chi connectivity index (χ2v) is 5.96. The number of benzene rings is 2. The molecule has 3 aromatic rings. The highest BCUT2D eigenvalue weighted by Gasteiger charge is 2.06. The third-order valence-corrected chi connectivity index (χ3v) is 3.93.